The number of para-hydroxylation sites is 1. The van der Waals surface area contributed by atoms with Gasteiger partial charge < -0.3 is 10.1 Å². The van der Waals surface area contributed by atoms with Crippen LogP contribution >= 0.6 is 0 Å². The molecule has 2 aromatic rings. The van der Waals surface area contributed by atoms with Crippen molar-refractivity contribution in [2.45, 2.75) is 45.2 Å². The Morgan fingerprint density at radius 3 is 2.81 bits per heavy atom. The Kier molecular flexibility index (Phi) is 4.15. The van der Waals surface area contributed by atoms with E-state index in [2.05, 4.69) is 35.2 Å². The van der Waals surface area contributed by atoms with E-state index in [1.807, 2.05) is 18.2 Å². The molecule has 1 aliphatic carbocycles. The summed E-state index contributed by atoms with van der Waals surface area (Å²) in [5.41, 5.74) is 2.10. The lowest BCUT2D eigenvalue weighted by Crippen LogP contribution is -2.16. The van der Waals surface area contributed by atoms with E-state index in [4.69, 9.17) is 4.74 Å². The smallest absolute Gasteiger partial charge is 0.238 e. The van der Waals surface area contributed by atoms with Crippen molar-refractivity contribution in [1.82, 2.24) is 15.3 Å². The molecule has 1 saturated carbocycles. The van der Waals surface area contributed by atoms with Gasteiger partial charge in [-0.1, -0.05) is 32.0 Å². The first-order chi connectivity index (χ1) is 10.2. The lowest BCUT2D eigenvalue weighted by atomic mass is 10.0. The average molecular weight is 283 g/mol. The molecule has 0 unspecified atom stereocenters. The van der Waals surface area contributed by atoms with Gasteiger partial charge in [-0.15, -0.1) is 0 Å². The van der Waals surface area contributed by atoms with E-state index in [0.29, 0.717) is 17.8 Å². The van der Waals surface area contributed by atoms with Crippen LogP contribution in [-0.2, 0) is 6.54 Å². The molecule has 0 aliphatic heterocycles. The first-order valence-corrected chi connectivity index (χ1v) is 7.53. The van der Waals surface area contributed by atoms with Gasteiger partial charge in [-0.2, -0.15) is 0 Å². The van der Waals surface area contributed by atoms with Crippen LogP contribution in [0.4, 0.5) is 0 Å². The Bertz CT molecular complexity index is 608. The van der Waals surface area contributed by atoms with E-state index < -0.39 is 0 Å². The molecule has 4 nitrogen and oxygen atoms in total. The van der Waals surface area contributed by atoms with Crippen molar-refractivity contribution < 1.29 is 4.74 Å². The molecule has 110 valence electrons. The second kappa shape index (κ2) is 6.22. The lowest BCUT2D eigenvalue weighted by molar-refractivity contribution is 0.448. The molecule has 0 amide bonds. The Labute approximate surface area is 125 Å². The Hall–Kier alpha value is -1.94. The molecule has 3 rings (SSSR count). The molecular formula is C17H21N3O. The number of ether oxygens (including phenoxy) is 1. The third-order valence-electron chi connectivity index (χ3n) is 3.57. The van der Waals surface area contributed by atoms with E-state index in [-0.39, 0.29) is 0 Å². The number of hydrogen-bond acceptors (Lipinski definition) is 4. The fourth-order valence-electron chi connectivity index (χ4n) is 2.22. The van der Waals surface area contributed by atoms with Crippen LogP contribution in [0.15, 0.2) is 36.7 Å². The number of nitrogens with zero attached hydrogens (tertiary/aromatic N) is 2. The number of nitrogens with one attached hydrogen (secondary N) is 1. The van der Waals surface area contributed by atoms with Crippen molar-refractivity contribution in [3.8, 4) is 11.6 Å². The summed E-state index contributed by atoms with van der Waals surface area (Å²) in [6, 6.07) is 8.74. The van der Waals surface area contributed by atoms with Crippen molar-refractivity contribution >= 4 is 0 Å². The molecule has 1 N–H and O–H groups in total. The van der Waals surface area contributed by atoms with Crippen LogP contribution in [0.5, 0.6) is 11.6 Å². The minimum atomic E-state index is 0.411. The number of benzene rings is 1. The molecule has 0 atom stereocenters. The van der Waals surface area contributed by atoms with Gasteiger partial charge in [0.05, 0.1) is 11.9 Å². The zero-order valence-corrected chi connectivity index (χ0v) is 12.5. The Morgan fingerprint density at radius 2 is 2.05 bits per heavy atom. The molecule has 4 heteroatoms. The SMILES string of the molecule is CC(C)c1ccccc1Oc1cncc(CNC2CC2)n1. The molecule has 0 bridgehead atoms. The molecule has 0 spiro atoms. The van der Waals surface area contributed by atoms with Gasteiger partial charge in [0.15, 0.2) is 0 Å². The van der Waals surface area contributed by atoms with Gasteiger partial charge in [0.1, 0.15) is 5.75 Å². The maximum Gasteiger partial charge on any atom is 0.238 e. The molecule has 1 heterocycles. The Morgan fingerprint density at radius 1 is 1.24 bits per heavy atom. The second-order valence-corrected chi connectivity index (χ2v) is 5.80. The van der Waals surface area contributed by atoms with E-state index in [1.165, 1.54) is 18.4 Å². The molecule has 1 aliphatic rings. The third kappa shape index (κ3) is 3.79. The van der Waals surface area contributed by atoms with E-state index in [1.54, 1.807) is 12.4 Å². The summed E-state index contributed by atoms with van der Waals surface area (Å²) in [5.74, 6) is 1.82. The van der Waals surface area contributed by atoms with Crippen LogP contribution in [0, 0.1) is 0 Å². The van der Waals surface area contributed by atoms with Crippen LogP contribution in [0.2, 0.25) is 0 Å². The topological polar surface area (TPSA) is 47.0 Å². The van der Waals surface area contributed by atoms with Crippen molar-refractivity contribution in [2.24, 2.45) is 0 Å². The highest BCUT2D eigenvalue weighted by atomic mass is 16.5. The summed E-state index contributed by atoms with van der Waals surface area (Å²) in [6.07, 6.45) is 5.99. The summed E-state index contributed by atoms with van der Waals surface area (Å²) in [5, 5.41) is 3.44. The normalized spacial score (nSPS) is 14.4. The minimum Gasteiger partial charge on any atom is -0.437 e. The van der Waals surface area contributed by atoms with E-state index in [0.717, 1.165) is 18.0 Å². The number of hydrogen-bond donors (Lipinski definition) is 1. The summed E-state index contributed by atoms with van der Waals surface area (Å²) in [6.45, 7) is 5.06. The molecule has 1 aromatic carbocycles. The predicted molar refractivity (Wildman–Crippen MR) is 82.5 cm³/mol. The summed E-state index contributed by atoms with van der Waals surface area (Å²) in [7, 11) is 0. The van der Waals surface area contributed by atoms with Gasteiger partial charge in [0.25, 0.3) is 0 Å². The summed E-state index contributed by atoms with van der Waals surface area (Å²) in [4.78, 5) is 8.75. The first kappa shape index (κ1) is 14.0. The van der Waals surface area contributed by atoms with Gasteiger partial charge in [-0.3, -0.25) is 4.98 Å². The van der Waals surface area contributed by atoms with Gasteiger partial charge in [0, 0.05) is 18.8 Å². The van der Waals surface area contributed by atoms with Crippen LogP contribution in [0.3, 0.4) is 0 Å². The monoisotopic (exact) mass is 283 g/mol. The maximum atomic E-state index is 5.93. The third-order valence-corrected chi connectivity index (χ3v) is 3.57. The zero-order chi connectivity index (χ0) is 14.7. The zero-order valence-electron chi connectivity index (χ0n) is 12.5. The van der Waals surface area contributed by atoms with Crippen molar-refractivity contribution in [2.75, 3.05) is 0 Å². The molecular weight excluding hydrogens is 262 g/mol. The van der Waals surface area contributed by atoms with Crippen LogP contribution in [-0.4, -0.2) is 16.0 Å². The van der Waals surface area contributed by atoms with Crippen molar-refractivity contribution in [1.29, 1.82) is 0 Å². The lowest BCUT2D eigenvalue weighted by Gasteiger charge is -2.13. The van der Waals surface area contributed by atoms with Gasteiger partial charge >= 0.3 is 0 Å². The highest BCUT2D eigenvalue weighted by Crippen LogP contribution is 2.29. The first-order valence-electron chi connectivity index (χ1n) is 7.53. The van der Waals surface area contributed by atoms with Gasteiger partial charge in [-0.05, 0) is 30.4 Å². The number of rotatable bonds is 6. The van der Waals surface area contributed by atoms with Crippen LogP contribution in [0.25, 0.3) is 0 Å². The predicted octanol–water partition coefficient (Wildman–Crippen LogP) is 3.64. The fourth-order valence-corrected chi connectivity index (χ4v) is 2.22. The van der Waals surface area contributed by atoms with Crippen molar-refractivity contribution in [3.05, 3.63) is 47.9 Å². The van der Waals surface area contributed by atoms with Gasteiger partial charge in [-0.25, -0.2) is 4.98 Å². The molecule has 21 heavy (non-hydrogen) atoms. The largest absolute Gasteiger partial charge is 0.437 e. The van der Waals surface area contributed by atoms with Gasteiger partial charge in [0.2, 0.25) is 5.88 Å². The van der Waals surface area contributed by atoms with E-state index >= 15 is 0 Å². The van der Waals surface area contributed by atoms with Crippen LogP contribution in [0.1, 0.15) is 43.9 Å². The van der Waals surface area contributed by atoms with Crippen molar-refractivity contribution in [3.63, 3.8) is 0 Å². The summed E-state index contributed by atoms with van der Waals surface area (Å²) < 4.78 is 5.93. The average Bonchev–Trinajstić information content (AvgIpc) is 3.30. The quantitative estimate of drug-likeness (QED) is 0.879. The van der Waals surface area contributed by atoms with Crippen LogP contribution < -0.4 is 10.1 Å². The summed E-state index contributed by atoms with van der Waals surface area (Å²) >= 11 is 0. The maximum absolute atomic E-state index is 5.93. The molecule has 1 fully saturated rings. The van der Waals surface area contributed by atoms with E-state index in [9.17, 15) is 0 Å². The number of aromatic nitrogens is 2. The highest BCUT2D eigenvalue weighted by Gasteiger charge is 2.20. The molecule has 1 aromatic heterocycles. The Balaban J connectivity index is 1.73. The second-order valence-electron chi connectivity index (χ2n) is 5.80. The minimum absolute atomic E-state index is 0.411. The molecule has 0 radical (unpaired) electrons. The molecule has 0 saturated heterocycles. The highest BCUT2D eigenvalue weighted by molar-refractivity contribution is 5.37. The fraction of sp³-hybridized carbons (Fsp3) is 0.412. The standard InChI is InChI=1S/C17H21N3O/c1-12(2)15-5-3-4-6-16(15)21-17-11-18-9-14(20-17)10-19-13-7-8-13/h3-6,9,11-13,19H,7-8,10H2,1-2H3.